The summed E-state index contributed by atoms with van der Waals surface area (Å²) in [5.41, 5.74) is 0.884. The molecule has 1 fully saturated rings. The minimum Gasteiger partial charge on any atom is -0.396 e. The van der Waals surface area contributed by atoms with Gasteiger partial charge in [0.1, 0.15) is 0 Å². The van der Waals surface area contributed by atoms with E-state index in [0.29, 0.717) is 30.6 Å². The van der Waals surface area contributed by atoms with Gasteiger partial charge in [0, 0.05) is 37.7 Å². The number of carbonyl (C=O) groups excluding carboxylic acids is 1. The first-order chi connectivity index (χ1) is 16.5. The van der Waals surface area contributed by atoms with Crippen molar-refractivity contribution < 1.29 is 9.90 Å². The smallest absolute Gasteiger partial charge is 0.222 e. The third-order valence-electron chi connectivity index (χ3n) is 9.35. The summed E-state index contributed by atoms with van der Waals surface area (Å²) in [6.45, 7) is 28.8. The Balaban J connectivity index is 0.000000381. The molecular formula is C30H58N4O2. The zero-order valence-electron chi connectivity index (χ0n) is 25.7. The standard InChI is InChI=1S/C17H33N3O.C13H25NO/c1-9-13(2)16(5,6)17(7,8)14-12-20(19-18-14)15(3,4)10-11-21;1-10(2)9-13(15)14-7-5-12(6-8-14)11(3)4/h12-13,21H,9-11H2,1-8H3;10-12H,5-9H2,1-4H3. The van der Waals surface area contributed by atoms with E-state index in [0.717, 1.165) is 37.0 Å². The number of hydrogen-bond acceptors (Lipinski definition) is 4. The van der Waals surface area contributed by atoms with Crippen molar-refractivity contribution in [3.05, 3.63) is 11.9 Å². The maximum absolute atomic E-state index is 11.8. The van der Waals surface area contributed by atoms with Crippen molar-refractivity contribution in [1.29, 1.82) is 0 Å². The molecule has 6 heteroatoms. The first-order valence-electron chi connectivity index (χ1n) is 14.3. The summed E-state index contributed by atoms with van der Waals surface area (Å²) in [6.07, 6.45) is 6.99. The summed E-state index contributed by atoms with van der Waals surface area (Å²) in [4.78, 5) is 13.9. The van der Waals surface area contributed by atoms with Crippen molar-refractivity contribution in [2.75, 3.05) is 19.7 Å². The molecule has 1 aliphatic rings. The number of hydrogen-bond donors (Lipinski definition) is 1. The highest BCUT2D eigenvalue weighted by atomic mass is 16.3. The topological polar surface area (TPSA) is 71.2 Å². The van der Waals surface area contributed by atoms with Gasteiger partial charge < -0.3 is 10.0 Å². The summed E-state index contributed by atoms with van der Waals surface area (Å²) < 4.78 is 1.90. The minimum atomic E-state index is -0.212. The molecule has 0 aliphatic carbocycles. The lowest BCUT2D eigenvalue weighted by Gasteiger charge is -2.44. The fraction of sp³-hybridized carbons (Fsp3) is 0.900. The molecule has 1 unspecified atom stereocenters. The fourth-order valence-electron chi connectivity index (χ4n) is 4.98. The molecule has 0 aromatic carbocycles. The molecule has 1 amide bonds. The maximum atomic E-state index is 11.8. The van der Waals surface area contributed by atoms with E-state index in [1.165, 1.54) is 12.8 Å². The lowest BCUT2D eigenvalue weighted by atomic mass is 9.60. The van der Waals surface area contributed by atoms with Gasteiger partial charge in [-0.3, -0.25) is 4.79 Å². The lowest BCUT2D eigenvalue weighted by molar-refractivity contribution is -0.133. The van der Waals surface area contributed by atoms with Gasteiger partial charge in [0.05, 0.1) is 11.2 Å². The van der Waals surface area contributed by atoms with Crippen LogP contribution in [0.2, 0.25) is 0 Å². The Labute approximate surface area is 222 Å². The number of carbonyl (C=O) groups is 1. The van der Waals surface area contributed by atoms with Gasteiger partial charge in [-0.2, -0.15) is 0 Å². The van der Waals surface area contributed by atoms with Crippen LogP contribution in [0, 0.1) is 29.1 Å². The Morgan fingerprint density at radius 3 is 2.06 bits per heavy atom. The van der Waals surface area contributed by atoms with E-state index < -0.39 is 0 Å². The molecule has 210 valence electrons. The first-order valence-corrected chi connectivity index (χ1v) is 14.3. The Bertz CT molecular complexity index is 787. The van der Waals surface area contributed by atoms with Crippen LogP contribution in [-0.4, -0.2) is 50.6 Å². The number of aliphatic hydroxyl groups is 1. The van der Waals surface area contributed by atoms with Gasteiger partial charge in [-0.05, 0) is 62.2 Å². The number of aliphatic hydroxyl groups excluding tert-OH is 1. The molecule has 2 rings (SSSR count). The van der Waals surface area contributed by atoms with Gasteiger partial charge in [0.25, 0.3) is 0 Å². The second-order valence-corrected chi connectivity index (χ2v) is 13.6. The molecule has 1 aliphatic heterocycles. The van der Waals surface area contributed by atoms with E-state index >= 15 is 0 Å². The number of amides is 1. The lowest BCUT2D eigenvalue weighted by Crippen LogP contribution is -2.41. The molecule has 0 radical (unpaired) electrons. The summed E-state index contributed by atoms with van der Waals surface area (Å²) in [5, 5.41) is 18.0. The number of aromatic nitrogens is 3. The predicted octanol–water partition coefficient (Wildman–Crippen LogP) is 6.67. The van der Waals surface area contributed by atoms with E-state index in [9.17, 15) is 9.90 Å². The van der Waals surface area contributed by atoms with Crippen LogP contribution in [0.5, 0.6) is 0 Å². The molecule has 36 heavy (non-hydrogen) atoms. The minimum absolute atomic E-state index is 0.0596. The molecule has 1 saturated heterocycles. The van der Waals surface area contributed by atoms with Crippen molar-refractivity contribution >= 4 is 5.91 Å². The number of piperidine rings is 1. The van der Waals surface area contributed by atoms with Gasteiger partial charge >= 0.3 is 0 Å². The molecule has 1 atom stereocenters. The molecular weight excluding hydrogens is 448 g/mol. The Kier molecular flexibility index (Phi) is 12.1. The Hall–Kier alpha value is -1.43. The number of rotatable bonds is 10. The Morgan fingerprint density at radius 2 is 1.61 bits per heavy atom. The average Bonchev–Trinajstić information content (AvgIpc) is 3.30. The summed E-state index contributed by atoms with van der Waals surface area (Å²) in [5.74, 6) is 3.04. The first kappa shape index (κ1) is 32.6. The van der Waals surface area contributed by atoms with Crippen LogP contribution >= 0.6 is 0 Å². The highest BCUT2D eigenvalue weighted by Crippen LogP contribution is 2.47. The zero-order valence-corrected chi connectivity index (χ0v) is 25.7. The van der Waals surface area contributed by atoms with Gasteiger partial charge in [-0.1, -0.05) is 80.9 Å². The SMILES string of the molecule is CC(C)CC(=O)N1CCC(C(C)C)CC1.CCC(C)C(C)(C)C(C)(C)c1cn(C(C)(C)CCO)nn1. The molecule has 1 aromatic heterocycles. The normalized spacial score (nSPS) is 16.8. The van der Waals surface area contributed by atoms with E-state index in [2.05, 4.69) is 104 Å². The summed E-state index contributed by atoms with van der Waals surface area (Å²) in [7, 11) is 0. The van der Waals surface area contributed by atoms with Gasteiger partial charge in [0.15, 0.2) is 0 Å². The molecule has 0 bridgehead atoms. The number of nitrogens with zero attached hydrogens (tertiary/aromatic N) is 4. The second kappa shape index (κ2) is 13.4. The second-order valence-electron chi connectivity index (χ2n) is 13.6. The number of likely N-dealkylation sites (tertiary alicyclic amines) is 1. The predicted molar refractivity (Wildman–Crippen MR) is 151 cm³/mol. The molecule has 6 nitrogen and oxygen atoms in total. The van der Waals surface area contributed by atoms with E-state index in [4.69, 9.17) is 0 Å². The molecule has 0 saturated carbocycles. The third kappa shape index (κ3) is 8.29. The van der Waals surface area contributed by atoms with Crippen molar-refractivity contribution in [3.63, 3.8) is 0 Å². The van der Waals surface area contributed by atoms with Gasteiger partial charge in [-0.25, -0.2) is 4.68 Å². The van der Waals surface area contributed by atoms with Crippen LogP contribution in [0.15, 0.2) is 6.20 Å². The highest BCUT2D eigenvalue weighted by molar-refractivity contribution is 5.76. The zero-order chi connectivity index (χ0) is 27.9. The van der Waals surface area contributed by atoms with Crippen molar-refractivity contribution in [1.82, 2.24) is 19.9 Å². The van der Waals surface area contributed by atoms with Crippen LogP contribution in [0.25, 0.3) is 0 Å². The molecule has 2 heterocycles. The average molecular weight is 507 g/mol. The largest absolute Gasteiger partial charge is 0.396 e. The fourth-order valence-corrected chi connectivity index (χ4v) is 4.98. The van der Waals surface area contributed by atoms with Crippen molar-refractivity contribution in [2.45, 2.75) is 126 Å². The van der Waals surface area contributed by atoms with Crippen LogP contribution in [0.1, 0.15) is 121 Å². The van der Waals surface area contributed by atoms with Crippen molar-refractivity contribution in [3.8, 4) is 0 Å². The maximum Gasteiger partial charge on any atom is 0.222 e. The van der Waals surface area contributed by atoms with Gasteiger partial charge in [-0.15, -0.1) is 5.10 Å². The third-order valence-corrected chi connectivity index (χ3v) is 9.35. The molecule has 1 aromatic rings. The van der Waals surface area contributed by atoms with E-state index in [1.54, 1.807) is 0 Å². The monoisotopic (exact) mass is 506 g/mol. The van der Waals surface area contributed by atoms with Crippen LogP contribution in [0.3, 0.4) is 0 Å². The van der Waals surface area contributed by atoms with E-state index in [-0.39, 0.29) is 23.0 Å². The quantitative estimate of drug-likeness (QED) is 0.384. The van der Waals surface area contributed by atoms with E-state index in [1.807, 2.05) is 4.68 Å². The highest BCUT2D eigenvalue weighted by Gasteiger charge is 2.43. The van der Waals surface area contributed by atoms with Crippen LogP contribution in [0.4, 0.5) is 0 Å². The van der Waals surface area contributed by atoms with Gasteiger partial charge in [0.2, 0.25) is 5.91 Å². The molecule has 1 N–H and O–H groups in total. The van der Waals surface area contributed by atoms with Crippen LogP contribution in [-0.2, 0) is 15.7 Å². The molecule has 0 spiro atoms. The van der Waals surface area contributed by atoms with Crippen LogP contribution < -0.4 is 0 Å². The summed E-state index contributed by atoms with van der Waals surface area (Å²) in [6, 6.07) is 0. The Morgan fingerprint density at radius 1 is 1.06 bits per heavy atom. The summed E-state index contributed by atoms with van der Waals surface area (Å²) >= 11 is 0. The van der Waals surface area contributed by atoms with Crippen molar-refractivity contribution in [2.24, 2.45) is 29.1 Å².